The lowest BCUT2D eigenvalue weighted by molar-refractivity contribution is 0.0735. The highest BCUT2D eigenvalue weighted by molar-refractivity contribution is 7.21. The van der Waals surface area contributed by atoms with Gasteiger partial charge >= 0.3 is 0 Å². The van der Waals surface area contributed by atoms with Gasteiger partial charge in [0.25, 0.3) is 5.91 Å². The van der Waals surface area contributed by atoms with Gasteiger partial charge in [-0.1, -0.05) is 6.08 Å². The van der Waals surface area contributed by atoms with Gasteiger partial charge in [0.05, 0.1) is 5.69 Å². The largest absolute Gasteiger partial charge is 0.397 e. The second kappa shape index (κ2) is 5.85. The number of nitrogens with two attached hydrogens (primary N) is 1. The van der Waals surface area contributed by atoms with Crippen LogP contribution < -0.4 is 5.73 Å². The maximum Gasteiger partial charge on any atom is 0.266 e. The first kappa shape index (κ1) is 15.5. The Hall–Kier alpha value is -1.88. The minimum atomic E-state index is -0.0411. The molecule has 1 amide bonds. The Morgan fingerprint density at radius 3 is 2.76 bits per heavy atom. The number of aryl methyl sites for hydroxylation is 2. The van der Waals surface area contributed by atoms with Crippen LogP contribution in [0.3, 0.4) is 0 Å². The number of amides is 1. The summed E-state index contributed by atoms with van der Waals surface area (Å²) in [6.45, 7) is 12.1. The van der Waals surface area contributed by atoms with Crippen LogP contribution in [0, 0.1) is 13.8 Å². The number of anilines is 1. The molecule has 112 valence electrons. The molecule has 0 aromatic carbocycles. The number of thiophene rings is 1. The number of hydrogen-bond acceptors (Lipinski definition) is 4. The third kappa shape index (κ3) is 2.78. The maximum absolute atomic E-state index is 12.8. The zero-order valence-corrected chi connectivity index (χ0v) is 13.8. The van der Waals surface area contributed by atoms with E-state index in [2.05, 4.69) is 11.6 Å². The van der Waals surface area contributed by atoms with E-state index in [1.165, 1.54) is 11.3 Å². The molecule has 2 rings (SSSR count). The fourth-order valence-electron chi connectivity index (χ4n) is 2.44. The van der Waals surface area contributed by atoms with Gasteiger partial charge in [-0.15, -0.1) is 17.9 Å². The highest BCUT2D eigenvalue weighted by Gasteiger charge is 2.24. The van der Waals surface area contributed by atoms with Gasteiger partial charge in [0.1, 0.15) is 4.88 Å². The Labute approximate surface area is 129 Å². The third-order valence-corrected chi connectivity index (χ3v) is 4.56. The van der Waals surface area contributed by atoms with Crippen molar-refractivity contribution in [2.24, 2.45) is 0 Å². The molecule has 0 spiro atoms. The van der Waals surface area contributed by atoms with Crippen LogP contribution in [-0.2, 0) is 0 Å². The van der Waals surface area contributed by atoms with Gasteiger partial charge in [-0.2, -0.15) is 0 Å². The Kier molecular flexibility index (Phi) is 4.32. The Bertz CT molecular complexity index is 703. The normalized spacial score (nSPS) is 11.1. The molecule has 2 N–H and O–H groups in total. The second-order valence-corrected chi connectivity index (χ2v) is 6.46. The minimum Gasteiger partial charge on any atom is -0.397 e. The highest BCUT2D eigenvalue weighted by atomic mass is 32.1. The van der Waals surface area contributed by atoms with Crippen LogP contribution in [0.15, 0.2) is 18.7 Å². The van der Waals surface area contributed by atoms with Gasteiger partial charge < -0.3 is 10.6 Å². The van der Waals surface area contributed by atoms with Gasteiger partial charge in [0.2, 0.25) is 0 Å². The van der Waals surface area contributed by atoms with Crippen LogP contribution in [-0.4, -0.2) is 28.4 Å². The van der Waals surface area contributed by atoms with Crippen LogP contribution >= 0.6 is 11.3 Å². The molecule has 2 heterocycles. The molecule has 0 bridgehead atoms. The molecule has 0 fully saturated rings. The smallest absolute Gasteiger partial charge is 0.266 e. The van der Waals surface area contributed by atoms with Crippen LogP contribution in [0.1, 0.15) is 34.9 Å². The summed E-state index contributed by atoms with van der Waals surface area (Å²) in [6.07, 6.45) is 1.73. The number of pyridine rings is 1. The number of rotatable bonds is 4. The van der Waals surface area contributed by atoms with Crippen molar-refractivity contribution >= 4 is 33.0 Å². The number of aromatic nitrogens is 1. The summed E-state index contributed by atoms with van der Waals surface area (Å²) in [5.41, 5.74) is 8.57. The minimum absolute atomic E-state index is 0.0411. The molecule has 0 unspecified atom stereocenters. The lowest BCUT2D eigenvalue weighted by Crippen LogP contribution is -2.36. The zero-order chi connectivity index (χ0) is 15.7. The predicted octanol–water partition coefficient (Wildman–Crippen LogP) is 3.53. The van der Waals surface area contributed by atoms with Crippen molar-refractivity contribution in [3.8, 4) is 0 Å². The number of carbonyl (C=O) groups is 1. The van der Waals surface area contributed by atoms with Crippen molar-refractivity contribution in [1.82, 2.24) is 9.88 Å². The maximum atomic E-state index is 12.8. The standard InChI is InChI=1S/C16H21N3OS/c1-6-7-19(9(2)3)16(20)15-14(17)13-11(5)18-10(4)8-12(13)21-15/h6,8-9H,1,7,17H2,2-5H3. The molecule has 0 atom stereocenters. The summed E-state index contributed by atoms with van der Waals surface area (Å²) in [5, 5.41) is 0.899. The van der Waals surface area contributed by atoms with E-state index < -0.39 is 0 Å². The van der Waals surface area contributed by atoms with Crippen LogP contribution in [0.4, 0.5) is 5.69 Å². The van der Waals surface area contributed by atoms with Crippen molar-refractivity contribution < 1.29 is 4.79 Å². The molecular weight excluding hydrogens is 282 g/mol. The highest BCUT2D eigenvalue weighted by Crippen LogP contribution is 2.36. The van der Waals surface area contributed by atoms with Crippen LogP contribution in [0.5, 0.6) is 0 Å². The van der Waals surface area contributed by atoms with Crippen molar-refractivity contribution in [1.29, 1.82) is 0 Å². The van der Waals surface area contributed by atoms with E-state index in [-0.39, 0.29) is 11.9 Å². The fourth-order valence-corrected chi connectivity index (χ4v) is 3.66. The lowest BCUT2D eigenvalue weighted by Gasteiger charge is -2.25. The molecule has 0 aliphatic rings. The molecular formula is C16H21N3OS. The van der Waals surface area contributed by atoms with Gasteiger partial charge in [-0.25, -0.2) is 0 Å². The lowest BCUT2D eigenvalue weighted by atomic mass is 10.2. The van der Waals surface area contributed by atoms with E-state index in [0.29, 0.717) is 17.1 Å². The molecule has 21 heavy (non-hydrogen) atoms. The van der Waals surface area contributed by atoms with Crippen molar-refractivity contribution in [2.75, 3.05) is 12.3 Å². The van der Waals surface area contributed by atoms with Gasteiger partial charge in [-0.3, -0.25) is 9.78 Å². The summed E-state index contributed by atoms with van der Waals surface area (Å²) < 4.78 is 1.02. The van der Waals surface area contributed by atoms with E-state index in [0.717, 1.165) is 21.5 Å². The topological polar surface area (TPSA) is 59.2 Å². The molecule has 4 nitrogen and oxygen atoms in total. The Morgan fingerprint density at radius 2 is 2.19 bits per heavy atom. The first-order valence-electron chi connectivity index (χ1n) is 6.94. The van der Waals surface area contributed by atoms with Gasteiger partial charge in [-0.05, 0) is 33.8 Å². The molecule has 0 saturated carbocycles. The summed E-state index contributed by atoms with van der Waals surface area (Å²) >= 11 is 1.44. The summed E-state index contributed by atoms with van der Waals surface area (Å²) in [6, 6.07) is 2.08. The number of hydrogen-bond donors (Lipinski definition) is 1. The molecule has 5 heteroatoms. The molecule has 0 aliphatic carbocycles. The number of fused-ring (bicyclic) bond motifs is 1. The number of nitrogens with zero attached hydrogens (tertiary/aromatic N) is 2. The number of carbonyl (C=O) groups excluding carboxylic acids is 1. The monoisotopic (exact) mass is 303 g/mol. The fraction of sp³-hybridized carbons (Fsp3) is 0.375. The third-order valence-electron chi connectivity index (χ3n) is 3.42. The first-order chi connectivity index (χ1) is 9.86. The quantitative estimate of drug-likeness (QED) is 0.879. The number of nitrogen functional groups attached to an aromatic ring is 1. The van der Waals surface area contributed by atoms with Crippen molar-refractivity contribution in [3.63, 3.8) is 0 Å². The van der Waals surface area contributed by atoms with Gasteiger partial charge in [0, 0.05) is 34.1 Å². The second-order valence-electron chi connectivity index (χ2n) is 5.41. The van der Waals surface area contributed by atoms with E-state index in [1.807, 2.05) is 33.8 Å². The SMILES string of the molecule is C=CCN(C(=O)c1sc2cc(C)nc(C)c2c1N)C(C)C. The summed E-state index contributed by atoms with van der Waals surface area (Å²) in [4.78, 5) is 19.5. The molecule has 2 aromatic rings. The molecule has 0 aliphatic heterocycles. The average Bonchev–Trinajstić information content (AvgIpc) is 2.72. The van der Waals surface area contributed by atoms with Crippen LogP contribution in [0.2, 0.25) is 0 Å². The Morgan fingerprint density at radius 1 is 1.52 bits per heavy atom. The van der Waals surface area contributed by atoms with E-state index >= 15 is 0 Å². The Balaban J connectivity index is 2.56. The summed E-state index contributed by atoms with van der Waals surface area (Å²) in [7, 11) is 0. The average molecular weight is 303 g/mol. The van der Waals surface area contributed by atoms with Gasteiger partial charge in [0.15, 0.2) is 0 Å². The van der Waals surface area contributed by atoms with E-state index in [4.69, 9.17) is 5.73 Å². The molecule has 0 saturated heterocycles. The van der Waals surface area contributed by atoms with Crippen molar-refractivity contribution in [3.05, 3.63) is 35.0 Å². The van der Waals surface area contributed by atoms with E-state index in [9.17, 15) is 4.79 Å². The van der Waals surface area contributed by atoms with E-state index in [1.54, 1.807) is 11.0 Å². The van der Waals surface area contributed by atoms with Crippen molar-refractivity contribution in [2.45, 2.75) is 33.7 Å². The molecule has 0 radical (unpaired) electrons. The molecule has 2 aromatic heterocycles. The van der Waals surface area contributed by atoms with Crippen LogP contribution in [0.25, 0.3) is 10.1 Å². The predicted molar refractivity (Wildman–Crippen MR) is 89.9 cm³/mol. The zero-order valence-electron chi connectivity index (χ0n) is 12.9. The summed E-state index contributed by atoms with van der Waals surface area (Å²) in [5.74, 6) is -0.0411. The first-order valence-corrected chi connectivity index (χ1v) is 7.76.